The summed E-state index contributed by atoms with van der Waals surface area (Å²) in [5, 5.41) is 3.37. The molecule has 3 rings (SSSR count). The zero-order chi connectivity index (χ0) is 21.4. The van der Waals surface area contributed by atoms with Gasteiger partial charge in [-0.15, -0.1) is 0 Å². The topological polar surface area (TPSA) is 73.8 Å². The van der Waals surface area contributed by atoms with Crippen molar-refractivity contribution in [2.75, 3.05) is 30.6 Å². The molecule has 1 heterocycles. The third kappa shape index (κ3) is 6.62. The molecule has 0 aliphatic carbocycles. The first-order chi connectivity index (χ1) is 14.4. The van der Waals surface area contributed by atoms with Crippen molar-refractivity contribution in [3.05, 3.63) is 71.3 Å². The number of sulfonamides is 1. The van der Waals surface area contributed by atoms with Crippen molar-refractivity contribution in [1.82, 2.24) is 10.2 Å². The normalized spacial score (nSPS) is 15.1. The van der Waals surface area contributed by atoms with Gasteiger partial charge in [0.05, 0.1) is 18.5 Å². The third-order valence-electron chi connectivity index (χ3n) is 4.92. The minimum Gasteiger partial charge on any atom is -0.357 e. The summed E-state index contributed by atoms with van der Waals surface area (Å²) >= 11 is 0. The summed E-state index contributed by atoms with van der Waals surface area (Å²) in [6, 6.07) is 17.8. The maximum absolute atomic E-state index is 11.6. The molecular weight excluding hydrogens is 396 g/mol. The van der Waals surface area contributed by atoms with Gasteiger partial charge in [0.1, 0.15) is 0 Å². The van der Waals surface area contributed by atoms with Crippen LogP contribution in [0.1, 0.15) is 30.9 Å². The molecule has 0 bridgehead atoms. The number of benzene rings is 2. The molecule has 1 aliphatic rings. The van der Waals surface area contributed by atoms with E-state index in [1.807, 2.05) is 24.3 Å². The van der Waals surface area contributed by atoms with Gasteiger partial charge in [-0.05, 0) is 37.0 Å². The van der Waals surface area contributed by atoms with Crippen LogP contribution < -0.4 is 10.0 Å². The van der Waals surface area contributed by atoms with E-state index in [1.165, 1.54) is 11.1 Å². The number of piperidine rings is 1. The minimum atomic E-state index is -3.33. The van der Waals surface area contributed by atoms with Crippen molar-refractivity contribution in [2.24, 2.45) is 4.99 Å². The van der Waals surface area contributed by atoms with Crippen molar-refractivity contribution >= 4 is 27.7 Å². The molecule has 7 heteroatoms. The van der Waals surface area contributed by atoms with Crippen LogP contribution in [0.4, 0.5) is 5.69 Å². The van der Waals surface area contributed by atoms with Gasteiger partial charge in [-0.3, -0.25) is 4.72 Å². The van der Waals surface area contributed by atoms with E-state index in [4.69, 9.17) is 4.99 Å². The number of nitrogens with one attached hydrogen (secondary N) is 2. The van der Waals surface area contributed by atoms with Gasteiger partial charge >= 0.3 is 0 Å². The molecule has 1 fully saturated rings. The molecule has 2 aromatic rings. The van der Waals surface area contributed by atoms with Crippen LogP contribution in [0.3, 0.4) is 0 Å². The number of para-hydroxylation sites is 1. The Balaban J connectivity index is 1.68. The number of rotatable bonds is 6. The lowest BCUT2D eigenvalue weighted by Crippen LogP contribution is -2.44. The number of anilines is 1. The van der Waals surface area contributed by atoms with E-state index in [0.717, 1.165) is 50.3 Å². The minimum absolute atomic E-state index is 0.407. The van der Waals surface area contributed by atoms with Crippen LogP contribution in [-0.4, -0.2) is 45.2 Å². The number of likely N-dealkylation sites (tertiary alicyclic amines) is 1. The molecular formula is C23H30N4O2S. The average molecular weight is 427 g/mol. The molecule has 2 aromatic carbocycles. The zero-order valence-corrected chi connectivity index (χ0v) is 18.5. The highest BCUT2D eigenvalue weighted by molar-refractivity contribution is 7.92. The molecule has 2 N–H and O–H groups in total. The summed E-state index contributed by atoms with van der Waals surface area (Å²) in [7, 11) is -3.33. The zero-order valence-electron chi connectivity index (χ0n) is 17.6. The fourth-order valence-corrected chi connectivity index (χ4v) is 4.08. The summed E-state index contributed by atoms with van der Waals surface area (Å²) in [6.45, 7) is 5.07. The highest BCUT2D eigenvalue weighted by Crippen LogP contribution is 2.21. The molecule has 30 heavy (non-hydrogen) atoms. The van der Waals surface area contributed by atoms with Gasteiger partial charge in [0.15, 0.2) is 5.96 Å². The van der Waals surface area contributed by atoms with Crippen molar-refractivity contribution < 1.29 is 8.42 Å². The van der Waals surface area contributed by atoms with E-state index < -0.39 is 10.0 Å². The van der Waals surface area contributed by atoms with Gasteiger partial charge in [-0.1, -0.05) is 60.2 Å². The number of nitrogens with zero attached hydrogens (tertiary/aromatic N) is 2. The summed E-state index contributed by atoms with van der Waals surface area (Å²) in [6.07, 6.45) is 5.46. The Labute approximate surface area is 179 Å². The summed E-state index contributed by atoms with van der Waals surface area (Å²) in [5.41, 5.74) is 4.12. The van der Waals surface area contributed by atoms with E-state index in [1.54, 1.807) is 6.07 Å². The second-order valence-electron chi connectivity index (χ2n) is 7.40. The van der Waals surface area contributed by atoms with Crippen LogP contribution >= 0.6 is 0 Å². The lowest BCUT2D eigenvalue weighted by Gasteiger charge is -2.31. The van der Waals surface area contributed by atoms with Crippen LogP contribution in [0.15, 0.2) is 65.2 Å². The Hall–Kier alpha value is -2.80. The van der Waals surface area contributed by atoms with Crippen LogP contribution in [0.5, 0.6) is 0 Å². The Bertz CT molecular complexity index is 991. The molecule has 0 atom stereocenters. The fourth-order valence-electron chi connectivity index (χ4n) is 3.48. The highest BCUT2D eigenvalue weighted by Gasteiger charge is 2.17. The van der Waals surface area contributed by atoms with Gasteiger partial charge in [-0.2, -0.15) is 0 Å². The second-order valence-corrected chi connectivity index (χ2v) is 9.15. The number of aliphatic imine (C=N–C) groups is 1. The van der Waals surface area contributed by atoms with E-state index in [2.05, 4.69) is 52.2 Å². The number of guanidine groups is 1. The maximum atomic E-state index is 11.6. The van der Waals surface area contributed by atoms with Crippen LogP contribution in [0.2, 0.25) is 0 Å². The molecule has 0 unspecified atom stereocenters. The van der Waals surface area contributed by atoms with E-state index in [0.29, 0.717) is 12.2 Å². The van der Waals surface area contributed by atoms with Crippen molar-refractivity contribution in [3.63, 3.8) is 0 Å². The predicted molar refractivity (Wildman–Crippen MR) is 125 cm³/mol. The van der Waals surface area contributed by atoms with E-state index in [9.17, 15) is 8.42 Å². The smallest absolute Gasteiger partial charge is 0.229 e. The Morgan fingerprint density at radius 3 is 2.40 bits per heavy atom. The third-order valence-corrected chi connectivity index (χ3v) is 5.51. The van der Waals surface area contributed by atoms with Gasteiger partial charge < -0.3 is 10.2 Å². The molecule has 1 saturated heterocycles. The van der Waals surface area contributed by atoms with Crippen LogP contribution in [0, 0.1) is 0 Å². The SMILES string of the molecule is CCNC(=NCc1ccccc1NS(C)(=O)=O)N1CCC(=Cc2ccccc2)CC1. The van der Waals surface area contributed by atoms with Crippen molar-refractivity contribution in [2.45, 2.75) is 26.3 Å². The van der Waals surface area contributed by atoms with Gasteiger partial charge in [0.2, 0.25) is 10.0 Å². The first-order valence-electron chi connectivity index (χ1n) is 10.3. The molecule has 0 aromatic heterocycles. The average Bonchev–Trinajstić information content (AvgIpc) is 2.72. The molecule has 160 valence electrons. The fraction of sp³-hybridized carbons (Fsp3) is 0.348. The molecule has 6 nitrogen and oxygen atoms in total. The predicted octanol–water partition coefficient (Wildman–Crippen LogP) is 3.70. The van der Waals surface area contributed by atoms with Gasteiger partial charge in [0.25, 0.3) is 0 Å². The van der Waals surface area contributed by atoms with Gasteiger partial charge in [0, 0.05) is 19.6 Å². The summed E-state index contributed by atoms with van der Waals surface area (Å²) < 4.78 is 25.8. The maximum Gasteiger partial charge on any atom is 0.229 e. The Morgan fingerprint density at radius 2 is 1.73 bits per heavy atom. The van der Waals surface area contributed by atoms with Crippen LogP contribution in [0.25, 0.3) is 6.08 Å². The molecule has 0 spiro atoms. The quantitative estimate of drug-likeness (QED) is 0.546. The largest absolute Gasteiger partial charge is 0.357 e. The Kier molecular flexibility index (Phi) is 7.52. The first-order valence-corrected chi connectivity index (χ1v) is 12.2. The summed E-state index contributed by atoms with van der Waals surface area (Å²) in [5.74, 6) is 0.866. The Morgan fingerprint density at radius 1 is 1.07 bits per heavy atom. The van der Waals surface area contributed by atoms with Crippen molar-refractivity contribution in [1.29, 1.82) is 0 Å². The molecule has 1 aliphatic heterocycles. The standard InChI is InChI=1S/C23H30N4O2S/c1-3-24-23(25-18-21-11-7-8-12-22(21)26-30(2,28)29)27-15-13-20(14-16-27)17-19-9-5-4-6-10-19/h4-12,17,26H,3,13-16,18H2,1-2H3,(H,24,25). The number of hydrogen-bond donors (Lipinski definition) is 2. The van der Waals surface area contributed by atoms with Crippen LogP contribution in [-0.2, 0) is 16.6 Å². The highest BCUT2D eigenvalue weighted by atomic mass is 32.2. The first kappa shape index (κ1) is 21.9. The molecule has 0 amide bonds. The van der Waals surface area contributed by atoms with E-state index in [-0.39, 0.29) is 0 Å². The van der Waals surface area contributed by atoms with Crippen molar-refractivity contribution in [3.8, 4) is 0 Å². The van der Waals surface area contributed by atoms with E-state index >= 15 is 0 Å². The monoisotopic (exact) mass is 426 g/mol. The second kappa shape index (κ2) is 10.3. The molecule has 0 saturated carbocycles. The lowest BCUT2D eigenvalue weighted by molar-refractivity contribution is 0.375. The molecule has 0 radical (unpaired) electrons. The summed E-state index contributed by atoms with van der Waals surface area (Å²) in [4.78, 5) is 7.06. The number of hydrogen-bond acceptors (Lipinski definition) is 3. The lowest BCUT2D eigenvalue weighted by atomic mass is 10.0. The van der Waals surface area contributed by atoms with Gasteiger partial charge in [-0.25, -0.2) is 13.4 Å².